The molecule has 0 radical (unpaired) electrons. The first-order valence-electron chi connectivity index (χ1n) is 3.93. The maximum absolute atomic E-state index is 12.5. The van der Waals surface area contributed by atoms with Gasteiger partial charge in [-0.2, -0.15) is 13.2 Å². The molecule has 88 valence electrons. The van der Waals surface area contributed by atoms with E-state index in [9.17, 15) is 18.0 Å². The standard InChI is InChI=1S/C9H4Br2ClF3O/c10-3-6(16)7-5(11)2-1-4(8(7)12)9(13,14)15/h1-2H,3H2. The maximum Gasteiger partial charge on any atom is 0.417 e. The molecule has 7 heteroatoms. The Morgan fingerprint density at radius 2 is 1.94 bits per heavy atom. The molecule has 0 spiro atoms. The minimum Gasteiger partial charge on any atom is -0.293 e. The molecule has 0 atom stereocenters. The van der Waals surface area contributed by atoms with E-state index >= 15 is 0 Å². The number of halogens is 6. The van der Waals surface area contributed by atoms with Crippen LogP contribution in [0.25, 0.3) is 0 Å². The molecule has 0 bridgehead atoms. The molecule has 0 unspecified atom stereocenters. The van der Waals surface area contributed by atoms with E-state index < -0.39 is 22.5 Å². The third-order valence-electron chi connectivity index (χ3n) is 1.80. The van der Waals surface area contributed by atoms with Crippen molar-refractivity contribution in [3.05, 3.63) is 32.8 Å². The summed E-state index contributed by atoms with van der Waals surface area (Å²) in [6.07, 6.45) is -4.57. The van der Waals surface area contributed by atoms with Gasteiger partial charge in [-0.3, -0.25) is 4.79 Å². The number of rotatable bonds is 2. The third kappa shape index (κ3) is 2.78. The van der Waals surface area contributed by atoms with E-state index in [4.69, 9.17) is 11.6 Å². The van der Waals surface area contributed by atoms with Gasteiger partial charge >= 0.3 is 6.18 Å². The number of carbonyl (C=O) groups is 1. The van der Waals surface area contributed by atoms with Crippen molar-refractivity contribution in [2.45, 2.75) is 6.18 Å². The molecule has 0 amide bonds. The van der Waals surface area contributed by atoms with E-state index in [2.05, 4.69) is 31.9 Å². The molecular formula is C9H4Br2ClF3O. The minimum absolute atomic E-state index is 0.0906. The monoisotopic (exact) mass is 378 g/mol. The predicted octanol–water partition coefficient (Wildman–Crippen LogP) is 4.70. The summed E-state index contributed by atoms with van der Waals surface area (Å²) in [5.41, 5.74) is -1.17. The van der Waals surface area contributed by atoms with E-state index in [-0.39, 0.29) is 15.4 Å². The average Bonchev–Trinajstić information content (AvgIpc) is 2.15. The fourth-order valence-electron chi connectivity index (χ4n) is 1.09. The SMILES string of the molecule is O=C(CBr)c1c(Br)ccc(C(F)(F)F)c1Cl. The van der Waals surface area contributed by atoms with Crippen molar-refractivity contribution in [3.8, 4) is 0 Å². The molecule has 0 N–H and O–H groups in total. The molecule has 0 heterocycles. The van der Waals surface area contributed by atoms with Crippen LogP contribution in [0.2, 0.25) is 5.02 Å². The minimum atomic E-state index is -4.57. The van der Waals surface area contributed by atoms with E-state index in [0.717, 1.165) is 12.1 Å². The number of ketones is 1. The molecule has 0 aliphatic rings. The van der Waals surface area contributed by atoms with E-state index in [0.29, 0.717) is 0 Å². The Morgan fingerprint density at radius 3 is 2.38 bits per heavy atom. The summed E-state index contributed by atoms with van der Waals surface area (Å²) in [5.74, 6) is -0.511. The van der Waals surface area contributed by atoms with Gasteiger partial charge in [0.1, 0.15) is 0 Å². The summed E-state index contributed by atoms with van der Waals surface area (Å²) in [7, 11) is 0. The number of alkyl halides is 4. The molecule has 0 fully saturated rings. The van der Waals surface area contributed by atoms with Gasteiger partial charge < -0.3 is 0 Å². The van der Waals surface area contributed by atoms with Crippen molar-refractivity contribution in [1.82, 2.24) is 0 Å². The number of hydrogen-bond donors (Lipinski definition) is 0. The largest absolute Gasteiger partial charge is 0.417 e. The van der Waals surface area contributed by atoms with Crippen LogP contribution in [-0.2, 0) is 6.18 Å². The van der Waals surface area contributed by atoms with Crippen LogP contribution in [-0.4, -0.2) is 11.1 Å². The Balaban J connectivity index is 3.45. The number of carbonyl (C=O) groups excluding carboxylic acids is 1. The maximum atomic E-state index is 12.5. The summed E-state index contributed by atoms with van der Waals surface area (Å²) in [4.78, 5) is 11.4. The van der Waals surface area contributed by atoms with Crippen molar-refractivity contribution in [2.24, 2.45) is 0 Å². The van der Waals surface area contributed by atoms with Crippen molar-refractivity contribution >= 4 is 49.2 Å². The zero-order valence-electron chi connectivity index (χ0n) is 7.54. The van der Waals surface area contributed by atoms with E-state index in [1.165, 1.54) is 0 Å². The highest BCUT2D eigenvalue weighted by molar-refractivity contribution is 9.10. The van der Waals surface area contributed by atoms with Gasteiger partial charge in [0.2, 0.25) is 0 Å². The lowest BCUT2D eigenvalue weighted by atomic mass is 10.1. The first-order valence-corrected chi connectivity index (χ1v) is 6.22. The fourth-order valence-corrected chi connectivity index (χ4v) is 2.42. The summed E-state index contributed by atoms with van der Waals surface area (Å²) in [6.45, 7) is 0. The van der Waals surface area contributed by atoms with Crippen LogP contribution in [0.1, 0.15) is 15.9 Å². The zero-order chi connectivity index (χ0) is 12.5. The first-order chi connectivity index (χ1) is 7.29. The Kier molecular flexibility index (Phi) is 4.42. The molecule has 0 aliphatic carbocycles. The van der Waals surface area contributed by atoms with Gasteiger partial charge in [-0.15, -0.1) is 0 Å². The van der Waals surface area contributed by atoms with Crippen molar-refractivity contribution < 1.29 is 18.0 Å². The molecule has 1 rings (SSSR count). The van der Waals surface area contributed by atoms with Crippen LogP contribution < -0.4 is 0 Å². The second-order valence-electron chi connectivity index (χ2n) is 2.84. The van der Waals surface area contributed by atoms with Gasteiger partial charge in [0.05, 0.1) is 21.5 Å². The predicted molar refractivity (Wildman–Crippen MR) is 62.3 cm³/mol. The van der Waals surface area contributed by atoms with Gasteiger partial charge in [-0.05, 0) is 28.1 Å². The molecular weight excluding hydrogens is 376 g/mol. The fraction of sp³-hybridized carbons (Fsp3) is 0.222. The van der Waals surface area contributed by atoms with Crippen LogP contribution in [0.5, 0.6) is 0 Å². The van der Waals surface area contributed by atoms with Crippen LogP contribution >= 0.6 is 43.5 Å². The summed E-state index contributed by atoms with van der Waals surface area (Å²) in [5, 5.41) is -0.668. The highest BCUT2D eigenvalue weighted by Crippen LogP contribution is 2.39. The average molecular weight is 380 g/mol. The number of Topliss-reactive ketones (excluding diaryl/α,β-unsaturated/α-hetero) is 1. The van der Waals surface area contributed by atoms with E-state index in [1.54, 1.807) is 0 Å². The van der Waals surface area contributed by atoms with Crippen LogP contribution in [0, 0.1) is 0 Å². The molecule has 1 aromatic rings. The zero-order valence-corrected chi connectivity index (χ0v) is 11.5. The molecule has 16 heavy (non-hydrogen) atoms. The Morgan fingerprint density at radius 1 is 1.38 bits per heavy atom. The van der Waals surface area contributed by atoms with Gasteiger partial charge in [0, 0.05) is 4.47 Å². The highest BCUT2D eigenvalue weighted by Gasteiger charge is 2.35. The molecule has 1 nitrogen and oxygen atoms in total. The Bertz CT molecular complexity index is 431. The molecule has 0 saturated carbocycles. The topological polar surface area (TPSA) is 17.1 Å². The smallest absolute Gasteiger partial charge is 0.293 e. The molecule has 1 aromatic carbocycles. The van der Waals surface area contributed by atoms with Crippen LogP contribution in [0.4, 0.5) is 13.2 Å². The summed E-state index contributed by atoms with van der Waals surface area (Å²) in [6, 6.07) is 1.99. The first kappa shape index (κ1) is 14.0. The highest BCUT2D eigenvalue weighted by atomic mass is 79.9. The third-order valence-corrected chi connectivity index (χ3v) is 3.36. The summed E-state index contributed by atoms with van der Waals surface area (Å²) < 4.78 is 37.8. The summed E-state index contributed by atoms with van der Waals surface area (Å²) >= 11 is 11.5. The van der Waals surface area contributed by atoms with E-state index in [1.807, 2.05) is 0 Å². The van der Waals surface area contributed by atoms with Crippen molar-refractivity contribution in [1.29, 1.82) is 0 Å². The van der Waals surface area contributed by atoms with Crippen molar-refractivity contribution in [2.75, 3.05) is 5.33 Å². The molecule has 0 saturated heterocycles. The molecule has 0 aromatic heterocycles. The van der Waals surface area contributed by atoms with Gasteiger partial charge in [0.25, 0.3) is 0 Å². The second kappa shape index (κ2) is 5.06. The number of benzene rings is 1. The van der Waals surface area contributed by atoms with Crippen LogP contribution in [0.15, 0.2) is 16.6 Å². The number of hydrogen-bond acceptors (Lipinski definition) is 1. The lowest BCUT2D eigenvalue weighted by molar-refractivity contribution is -0.137. The lowest BCUT2D eigenvalue weighted by Gasteiger charge is -2.12. The Labute approximate surface area is 111 Å². The van der Waals surface area contributed by atoms with Gasteiger partial charge in [-0.25, -0.2) is 0 Å². The quantitative estimate of drug-likeness (QED) is 0.537. The normalized spacial score (nSPS) is 11.6. The molecule has 0 aliphatic heterocycles. The van der Waals surface area contributed by atoms with Gasteiger partial charge in [0.15, 0.2) is 5.78 Å². The lowest BCUT2D eigenvalue weighted by Crippen LogP contribution is -2.10. The van der Waals surface area contributed by atoms with Crippen LogP contribution in [0.3, 0.4) is 0 Å². The van der Waals surface area contributed by atoms with Gasteiger partial charge in [-0.1, -0.05) is 27.5 Å². The second-order valence-corrected chi connectivity index (χ2v) is 4.63. The van der Waals surface area contributed by atoms with Crippen molar-refractivity contribution in [3.63, 3.8) is 0 Å². The Hall–Kier alpha value is -0.0700.